The van der Waals surface area contributed by atoms with Crippen molar-refractivity contribution in [2.45, 2.75) is 30.7 Å². The molecule has 1 unspecified atom stereocenters. The Kier molecular flexibility index (Phi) is 5.38. The third-order valence-electron chi connectivity index (χ3n) is 4.99. The third-order valence-corrected chi connectivity index (χ3v) is 6.17. The molecule has 3 nitrogen and oxygen atoms in total. The molecule has 2 aromatic carbocycles. The van der Waals surface area contributed by atoms with Crippen molar-refractivity contribution in [3.8, 4) is 0 Å². The topological polar surface area (TPSA) is 27.6 Å². The number of benzene rings is 2. The average molecular weight is 352 g/mol. The van der Waals surface area contributed by atoms with E-state index in [1.54, 1.807) is 0 Å². The zero-order chi connectivity index (χ0) is 16.9. The van der Waals surface area contributed by atoms with Crippen LogP contribution in [0.15, 0.2) is 65.7 Å². The smallest absolute Gasteiger partial charge is 0.157 e. The van der Waals surface area contributed by atoms with Crippen molar-refractivity contribution in [1.82, 2.24) is 10.2 Å². The van der Waals surface area contributed by atoms with E-state index in [1.165, 1.54) is 24.0 Å². The summed E-state index contributed by atoms with van der Waals surface area (Å²) in [6, 6.07) is 22.1. The van der Waals surface area contributed by atoms with E-state index >= 15 is 0 Å². The van der Waals surface area contributed by atoms with Crippen LogP contribution in [-0.2, 0) is 6.54 Å². The first-order valence-electron chi connectivity index (χ1n) is 9.16. The van der Waals surface area contributed by atoms with Gasteiger partial charge in [-0.3, -0.25) is 9.89 Å². The number of aliphatic imine (C=N–C) groups is 1. The third kappa shape index (κ3) is 4.44. The molecule has 0 radical (unpaired) electrons. The molecule has 1 fully saturated rings. The van der Waals surface area contributed by atoms with Crippen molar-refractivity contribution in [3.63, 3.8) is 0 Å². The lowest BCUT2D eigenvalue weighted by atomic mass is 10.0. The lowest BCUT2D eigenvalue weighted by Crippen LogP contribution is -2.43. The van der Waals surface area contributed by atoms with Gasteiger partial charge in [-0.2, -0.15) is 0 Å². The zero-order valence-corrected chi connectivity index (χ0v) is 15.3. The highest BCUT2D eigenvalue weighted by atomic mass is 32.2. The predicted molar refractivity (Wildman–Crippen MR) is 107 cm³/mol. The minimum Gasteiger partial charge on any atom is -0.362 e. The second kappa shape index (κ2) is 8.07. The molecule has 0 saturated carbocycles. The Labute approximate surface area is 154 Å². The summed E-state index contributed by atoms with van der Waals surface area (Å²) < 4.78 is 0. The van der Waals surface area contributed by atoms with E-state index in [9.17, 15) is 0 Å². The average Bonchev–Trinajstić information content (AvgIpc) is 3.14. The van der Waals surface area contributed by atoms with Crippen LogP contribution < -0.4 is 5.32 Å². The minimum absolute atomic E-state index is 0.474. The number of rotatable bonds is 4. The summed E-state index contributed by atoms with van der Waals surface area (Å²) >= 11 is 1.89. The molecule has 2 heterocycles. The van der Waals surface area contributed by atoms with E-state index in [1.807, 2.05) is 11.8 Å². The molecule has 4 heteroatoms. The summed E-state index contributed by atoms with van der Waals surface area (Å²) in [6.45, 7) is 4.28. The van der Waals surface area contributed by atoms with Crippen molar-refractivity contribution in [1.29, 1.82) is 0 Å². The molecule has 1 N–H and O–H groups in total. The molecule has 25 heavy (non-hydrogen) atoms. The van der Waals surface area contributed by atoms with Crippen LogP contribution in [0.2, 0.25) is 0 Å². The number of nitrogens with one attached hydrogen (secondary N) is 1. The number of likely N-dealkylation sites (tertiary alicyclic amines) is 1. The number of thioether (sulfide) groups is 1. The number of nitrogens with zero attached hydrogens (tertiary/aromatic N) is 2. The van der Waals surface area contributed by atoms with Crippen LogP contribution in [0.4, 0.5) is 0 Å². The molecule has 130 valence electrons. The summed E-state index contributed by atoms with van der Waals surface area (Å²) in [5.74, 6) is 0. The molecule has 0 aromatic heterocycles. The van der Waals surface area contributed by atoms with Crippen LogP contribution in [0.25, 0.3) is 0 Å². The Morgan fingerprint density at radius 2 is 1.64 bits per heavy atom. The molecule has 2 aliphatic rings. The van der Waals surface area contributed by atoms with E-state index in [0.717, 1.165) is 31.3 Å². The largest absolute Gasteiger partial charge is 0.362 e. The Hall–Kier alpha value is -1.78. The molecule has 0 aliphatic carbocycles. The van der Waals surface area contributed by atoms with E-state index in [-0.39, 0.29) is 0 Å². The van der Waals surface area contributed by atoms with Gasteiger partial charge in [-0.25, -0.2) is 0 Å². The minimum atomic E-state index is 0.474. The molecule has 0 amide bonds. The summed E-state index contributed by atoms with van der Waals surface area (Å²) in [7, 11) is 0. The van der Waals surface area contributed by atoms with Gasteiger partial charge in [0.1, 0.15) is 0 Å². The SMILES string of the molecule is c1ccc(CN2CCC(NC3=NCC(c4ccccc4)S3)CC2)cc1. The Morgan fingerprint density at radius 1 is 0.960 bits per heavy atom. The number of amidine groups is 1. The van der Waals surface area contributed by atoms with E-state index < -0.39 is 0 Å². The standard InChI is InChI=1S/C21H25N3S/c1-3-7-17(8-4-1)16-24-13-11-19(12-14-24)23-21-22-15-20(25-21)18-9-5-2-6-10-18/h1-10,19-20H,11-16H2,(H,22,23). The van der Waals surface area contributed by atoms with E-state index in [2.05, 4.69) is 70.9 Å². The normalized spacial score (nSPS) is 21.9. The Bertz CT molecular complexity index is 694. The van der Waals surface area contributed by atoms with Gasteiger partial charge in [0, 0.05) is 25.7 Å². The Morgan fingerprint density at radius 3 is 2.36 bits per heavy atom. The fourth-order valence-corrected chi connectivity index (χ4v) is 4.64. The maximum atomic E-state index is 4.73. The fraction of sp³-hybridized carbons (Fsp3) is 0.381. The molecule has 4 rings (SSSR count). The van der Waals surface area contributed by atoms with Crippen LogP contribution in [0, 0.1) is 0 Å². The van der Waals surface area contributed by atoms with Crippen LogP contribution in [0.3, 0.4) is 0 Å². The van der Waals surface area contributed by atoms with Gasteiger partial charge in [-0.1, -0.05) is 72.4 Å². The van der Waals surface area contributed by atoms with Gasteiger partial charge in [0.05, 0.1) is 11.8 Å². The van der Waals surface area contributed by atoms with E-state index in [0.29, 0.717) is 11.3 Å². The van der Waals surface area contributed by atoms with Crippen LogP contribution in [0.5, 0.6) is 0 Å². The fourth-order valence-electron chi connectivity index (χ4n) is 3.55. The van der Waals surface area contributed by atoms with Crippen molar-refractivity contribution in [3.05, 3.63) is 71.8 Å². The molecule has 1 atom stereocenters. The highest BCUT2D eigenvalue weighted by Gasteiger charge is 2.25. The van der Waals surface area contributed by atoms with Crippen molar-refractivity contribution < 1.29 is 0 Å². The first-order chi connectivity index (χ1) is 12.4. The van der Waals surface area contributed by atoms with Crippen LogP contribution >= 0.6 is 11.8 Å². The summed E-state index contributed by atoms with van der Waals surface area (Å²) in [6.07, 6.45) is 2.39. The lowest BCUT2D eigenvalue weighted by molar-refractivity contribution is 0.199. The molecule has 2 aliphatic heterocycles. The van der Waals surface area contributed by atoms with E-state index in [4.69, 9.17) is 4.99 Å². The summed E-state index contributed by atoms with van der Waals surface area (Å²) in [5.41, 5.74) is 2.79. The first kappa shape index (κ1) is 16.7. The van der Waals surface area contributed by atoms with Gasteiger partial charge in [0.15, 0.2) is 5.17 Å². The molecule has 0 bridgehead atoms. The molecule has 1 saturated heterocycles. The number of hydrogen-bond donors (Lipinski definition) is 1. The molecular formula is C21H25N3S. The quantitative estimate of drug-likeness (QED) is 0.899. The van der Waals surface area contributed by atoms with Gasteiger partial charge in [0.25, 0.3) is 0 Å². The first-order valence-corrected chi connectivity index (χ1v) is 10.0. The van der Waals surface area contributed by atoms with Crippen molar-refractivity contribution in [2.75, 3.05) is 19.6 Å². The van der Waals surface area contributed by atoms with Crippen molar-refractivity contribution >= 4 is 16.9 Å². The van der Waals surface area contributed by atoms with Crippen LogP contribution in [0.1, 0.15) is 29.2 Å². The Balaban J connectivity index is 1.23. The highest BCUT2D eigenvalue weighted by Crippen LogP contribution is 2.34. The maximum absolute atomic E-state index is 4.73. The van der Waals surface area contributed by atoms with Gasteiger partial charge in [0.2, 0.25) is 0 Å². The maximum Gasteiger partial charge on any atom is 0.157 e. The van der Waals surface area contributed by atoms with Gasteiger partial charge < -0.3 is 5.32 Å². The second-order valence-electron chi connectivity index (χ2n) is 6.84. The monoisotopic (exact) mass is 351 g/mol. The van der Waals surface area contributed by atoms with Crippen LogP contribution in [-0.4, -0.2) is 35.7 Å². The summed E-state index contributed by atoms with van der Waals surface area (Å²) in [4.78, 5) is 7.29. The second-order valence-corrected chi connectivity index (χ2v) is 8.03. The van der Waals surface area contributed by atoms with Crippen molar-refractivity contribution in [2.24, 2.45) is 4.99 Å². The molecule has 0 spiro atoms. The highest BCUT2D eigenvalue weighted by molar-refractivity contribution is 8.14. The predicted octanol–water partition coefficient (Wildman–Crippen LogP) is 4.08. The summed E-state index contributed by atoms with van der Waals surface area (Å²) in [5, 5.41) is 5.30. The lowest BCUT2D eigenvalue weighted by Gasteiger charge is -2.32. The molecule has 2 aromatic rings. The number of hydrogen-bond acceptors (Lipinski definition) is 4. The molecular weight excluding hydrogens is 326 g/mol. The number of piperidine rings is 1. The van der Waals surface area contributed by atoms with Gasteiger partial charge in [-0.05, 0) is 24.0 Å². The zero-order valence-electron chi connectivity index (χ0n) is 14.5. The van der Waals surface area contributed by atoms with Gasteiger partial charge in [-0.15, -0.1) is 0 Å². The van der Waals surface area contributed by atoms with Gasteiger partial charge >= 0.3 is 0 Å².